The van der Waals surface area contributed by atoms with Crippen LogP contribution in [0.5, 0.6) is 23.0 Å². The van der Waals surface area contributed by atoms with Crippen LogP contribution in [0.15, 0.2) is 16.8 Å². The van der Waals surface area contributed by atoms with Crippen LogP contribution in [0.4, 0.5) is 0 Å². The van der Waals surface area contributed by atoms with Crippen LogP contribution in [0, 0.1) is 0 Å². The van der Waals surface area contributed by atoms with Crippen LogP contribution in [-0.4, -0.2) is 37.5 Å². The Morgan fingerprint density at radius 2 is 1.48 bits per heavy atom. The van der Waals surface area contributed by atoms with E-state index in [2.05, 4.69) is 0 Å². The van der Waals surface area contributed by atoms with Gasteiger partial charge in [-0.2, -0.15) is 0 Å². The van der Waals surface area contributed by atoms with Gasteiger partial charge in [-0.1, -0.05) is 0 Å². The van der Waals surface area contributed by atoms with E-state index in [1.807, 2.05) is 16.8 Å². The van der Waals surface area contributed by atoms with E-state index in [1.165, 1.54) is 11.3 Å². The number of hydrogen-bond donors (Lipinski definition) is 1. The van der Waals surface area contributed by atoms with E-state index in [9.17, 15) is 9.90 Å². The molecule has 0 saturated heterocycles. The van der Waals surface area contributed by atoms with E-state index >= 15 is 0 Å². The first-order valence-electron chi connectivity index (χ1n) is 8.30. The summed E-state index contributed by atoms with van der Waals surface area (Å²) < 4.78 is 22.9. The lowest BCUT2D eigenvalue weighted by molar-refractivity contribution is -0.136. The second kappa shape index (κ2) is 6.74. The molecule has 0 aromatic carbocycles. The lowest BCUT2D eigenvalue weighted by Crippen LogP contribution is -2.14. The standard InChI is InChI=1S/C18H14O6S3/c19-13(20)6-9-5-12(17-14-10(7-25-17)21-1-3-23-14)27-16(9)18-15-11(8-26-18)22-2-4-24-15/h5,7-8H,1-4,6H2,(H,19,20). The summed E-state index contributed by atoms with van der Waals surface area (Å²) in [6.07, 6.45) is -0.0513. The van der Waals surface area contributed by atoms with Gasteiger partial charge >= 0.3 is 5.97 Å². The van der Waals surface area contributed by atoms with Crippen LogP contribution in [0.25, 0.3) is 19.5 Å². The maximum atomic E-state index is 11.4. The number of hydrogen-bond acceptors (Lipinski definition) is 8. The molecule has 3 aromatic heterocycles. The van der Waals surface area contributed by atoms with Crippen molar-refractivity contribution in [3.63, 3.8) is 0 Å². The van der Waals surface area contributed by atoms with Crippen LogP contribution < -0.4 is 18.9 Å². The molecule has 0 amide bonds. The summed E-state index contributed by atoms with van der Waals surface area (Å²) >= 11 is 4.61. The van der Waals surface area contributed by atoms with Crippen molar-refractivity contribution in [2.75, 3.05) is 26.4 Å². The van der Waals surface area contributed by atoms with Crippen LogP contribution in [0.1, 0.15) is 5.56 Å². The number of carboxylic acid groups (broad SMARTS) is 1. The fraction of sp³-hybridized carbons (Fsp3) is 0.278. The first-order chi connectivity index (χ1) is 13.2. The van der Waals surface area contributed by atoms with E-state index in [0.29, 0.717) is 32.2 Å². The number of thiophene rings is 3. The number of rotatable bonds is 4. The van der Waals surface area contributed by atoms with Gasteiger partial charge in [0.15, 0.2) is 23.0 Å². The molecule has 5 rings (SSSR count). The maximum absolute atomic E-state index is 11.4. The molecule has 1 N–H and O–H groups in total. The zero-order chi connectivity index (χ0) is 18.4. The van der Waals surface area contributed by atoms with Gasteiger partial charge < -0.3 is 24.1 Å². The van der Waals surface area contributed by atoms with E-state index in [4.69, 9.17) is 18.9 Å². The van der Waals surface area contributed by atoms with Crippen molar-refractivity contribution in [2.24, 2.45) is 0 Å². The van der Waals surface area contributed by atoms with Gasteiger partial charge in [-0.05, 0) is 11.6 Å². The Morgan fingerprint density at radius 1 is 0.889 bits per heavy atom. The topological polar surface area (TPSA) is 74.2 Å². The molecule has 2 aliphatic heterocycles. The van der Waals surface area contributed by atoms with Crippen LogP contribution in [0.2, 0.25) is 0 Å². The molecule has 0 spiro atoms. The summed E-state index contributed by atoms with van der Waals surface area (Å²) in [5.74, 6) is 2.06. The molecule has 5 heterocycles. The fourth-order valence-electron chi connectivity index (χ4n) is 3.08. The number of aliphatic carboxylic acids is 1. The van der Waals surface area contributed by atoms with E-state index < -0.39 is 5.97 Å². The third-order valence-corrected chi connectivity index (χ3v) is 7.58. The Morgan fingerprint density at radius 3 is 2.15 bits per heavy atom. The lowest BCUT2D eigenvalue weighted by atomic mass is 10.1. The smallest absolute Gasteiger partial charge is 0.307 e. The minimum absolute atomic E-state index is 0.0513. The number of carbonyl (C=O) groups is 1. The molecule has 0 bridgehead atoms. The van der Waals surface area contributed by atoms with Gasteiger partial charge in [0.2, 0.25) is 0 Å². The minimum Gasteiger partial charge on any atom is -0.485 e. The SMILES string of the molecule is O=C(O)Cc1cc(-c2scc3c2OCCO3)sc1-c1scc2c1OCCO2. The van der Waals surface area contributed by atoms with Gasteiger partial charge in [-0.15, -0.1) is 34.0 Å². The molecule has 2 aliphatic rings. The van der Waals surface area contributed by atoms with Crippen molar-refractivity contribution in [3.05, 3.63) is 22.4 Å². The molecule has 0 fully saturated rings. The van der Waals surface area contributed by atoms with Crippen LogP contribution in [0.3, 0.4) is 0 Å². The Labute approximate surface area is 166 Å². The summed E-state index contributed by atoms with van der Waals surface area (Å²) in [5, 5.41) is 13.2. The van der Waals surface area contributed by atoms with E-state index in [-0.39, 0.29) is 6.42 Å². The third-order valence-electron chi connectivity index (χ3n) is 4.18. The molecule has 0 saturated carbocycles. The molecule has 6 nitrogen and oxygen atoms in total. The molecule has 0 radical (unpaired) electrons. The monoisotopic (exact) mass is 422 g/mol. The van der Waals surface area contributed by atoms with Crippen molar-refractivity contribution in [2.45, 2.75) is 6.42 Å². The quantitative estimate of drug-likeness (QED) is 0.673. The fourth-order valence-corrected chi connectivity index (χ4v) is 6.42. The second-order valence-electron chi connectivity index (χ2n) is 5.95. The van der Waals surface area contributed by atoms with E-state index in [0.717, 1.165) is 42.3 Å². The predicted octanol–water partition coefficient (Wildman–Crippen LogP) is 4.37. The first kappa shape index (κ1) is 16.9. The Kier molecular flexibility index (Phi) is 4.22. The summed E-state index contributed by atoms with van der Waals surface area (Å²) in [5.41, 5.74) is 0.764. The summed E-state index contributed by atoms with van der Waals surface area (Å²) in [7, 11) is 0. The van der Waals surface area contributed by atoms with Crippen LogP contribution in [-0.2, 0) is 11.2 Å². The zero-order valence-corrected chi connectivity index (χ0v) is 16.4. The number of fused-ring (bicyclic) bond motifs is 2. The van der Waals surface area contributed by atoms with Gasteiger partial charge in [-0.25, -0.2) is 0 Å². The van der Waals surface area contributed by atoms with Gasteiger partial charge in [0.05, 0.1) is 21.1 Å². The molecule has 9 heteroatoms. The highest BCUT2D eigenvalue weighted by Gasteiger charge is 2.27. The van der Waals surface area contributed by atoms with Crippen molar-refractivity contribution >= 4 is 40.0 Å². The highest BCUT2D eigenvalue weighted by Crippen LogP contribution is 2.53. The molecular formula is C18H14O6S3. The third kappa shape index (κ3) is 2.95. The molecule has 0 atom stereocenters. The van der Waals surface area contributed by atoms with Crippen molar-refractivity contribution in [3.8, 4) is 42.5 Å². The van der Waals surface area contributed by atoms with Gasteiger partial charge in [-0.3, -0.25) is 4.79 Å². The predicted molar refractivity (Wildman–Crippen MR) is 104 cm³/mol. The molecule has 3 aromatic rings. The van der Waals surface area contributed by atoms with Crippen molar-refractivity contribution < 1.29 is 28.8 Å². The number of ether oxygens (including phenoxy) is 4. The summed E-state index contributed by atoms with van der Waals surface area (Å²) in [6.45, 7) is 2.08. The average Bonchev–Trinajstić information content (AvgIpc) is 3.37. The normalized spacial score (nSPS) is 15.0. The van der Waals surface area contributed by atoms with Gasteiger partial charge in [0.25, 0.3) is 0 Å². The van der Waals surface area contributed by atoms with Crippen LogP contribution >= 0.6 is 34.0 Å². The van der Waals surface area contributed by atoms with Gasteiger partial charge in [0, 0.05) is 15.6 Å². The maximum Gasteiger partial charge on any atom is 0.307 e. The Balaban J connectivity index is 1.62. The lowest BCUT2D eigenvalue weighted by Gasteiger charge is -2.16. The Hall–Kier alpha value is -2.23. The minimum atomic E-state index is -0.865. The molecule has 0 aliphatic carbocycles. The van der Waals surface area contributed by atoms with Crippen molar-refractivity contribution in [1.82, 2.24) is 0 Å². The second-order valence-corrected chi connectivity index (χ2v) is 8.76. The summed E-state index contributed by atoms with van der Waals surface area (Å²) in [4.78, 5) is 15.2. The molecule has 27 heavy (non-hydrogen) atoms. The van der Waals surface area contributed by atoms with Crippen molar-refractivity contribution in [1.29, 1.82) is 0 Å². The molecular weight excluding hydrogens is 408 g/mol. The number of carboxylic acids is 1. The summed E-state index contributed by atoms with van der Waals surface area (Å²) in [6, 6.07) is 1.94. The first-order valence-corrected chi connectivity index (χ1v) is 10.9. The largest absolute Gasteiger partial charge is 0.485 e. The molecule has 140 valence electrons. The average molecular weight is 423 g/mol. The highest BCUT2D eigenvalue weighted by molar-refractivity contribution is 7.26. The highest BCUT2D eigenvalue weighted by atomic mass is 32.1. The van der Waals surface area contributed by atoms with E-state index in [1.54, 1.807) is 22.7 Å². The zero-order valence-electron chi connectivity index (χ0n) is 14.0. The Bertz CT molecular complexity index is 1010. The van der Waals surface area contributed by atoms with Gasteiger partial charge in [0.1, 0.15) is 26.4 Å². The molecule has 0 unspecified atom stereocenters.